The Balaban J connectivity index is 0.00000220. The summed E-state index contributed by atoms with van der Waals surface area (Å²) in [4.78, 5) is 0.269. The topological polar surface area (TPSA) is 72.2 Å². The molecule has 0 aromatic heterocycles. The summed E-state index contributed by atoms with van der Waals surface area (Å²) in [6.07, 6.45) is 3.96. The summed E-state index contributed by atoms with van der Waals surface area (Å²) >= 11 is 3.30. The SMILES string of the molecule is CC1CCCCC1(CN)NS(=O)(=O)c1ccccc1Br.Cl. The molecule has 4 nitrogen and oxygen atoms in total. The van der Waals surface area contributed by atoms with Gasteiger partial charge in [-0.2, -0.15) is 0 Å². The summed E-state index contributed by atoms with van der Waals surface area (Å²) in [5.74, 6) is 0.249. The molecule has 21 heavy (non-hydrogen) atoms. The molecule has 3 N–H and O–H groups in total. The van der Waals surface area contributed by atoms with E-state index >= 15 is 0 Å². The highest BCUT2D eigenvalue weighted by Crippen LogP contribution is 2.34. The van der Waals surface area contributed by atoms with Gasteiger partial charge in [-0.3, -0.25) is 0 Å². The van der Waals surface area contributed by atoms with Crippen molar-refractivity contribution in [2.24, 2.45) is 11.7 Å². The fraction of sp³-hybridized carbons (Fsp3) is 0.571. The van der Waals surface area contributed by atoms with Gasteiger partial charge in [-0.25, -0.2) is 13.1 Å². The second-order valence-corrected chi connectivity index (χ2v) is 8.05. The molecule has 1 fully saturated rings. The first kappa shape index (κ1) is 18.9. The number of rotatable bonds is 4. The average Bonchev–Trinajstić information content (AvgIpc) is 2.41. The maximum Gasteiger partial charge on any atom is 0.242 e. The van der Waals surface area contributed by atoms with Crippen LogP contribution in [0.5, 0.6) is 0 Å². The zero-order chi connectivity index (χ0) is 14.8. The number of hydrogen-bond donors (Lipinski definition) is 2. The van der Waals surface area contributed by atoms with Crippen LogP contribution in [0.15, 0.2) is 33.6 Å². The summed E-state index contributed by atoms with van der Waals surface area (Å²) in [5, 5.41) is 0. The number of benzene rings is 1. The fourth-order valence-electron chi connectivity index (χ4n) is 2.90. The minimum atomic E-state index is -3.57. The van der Waals surface area contributed by atoms with Gasteiger partial charge in [0.15, 0.2) is 0 Å². The quantitative estimate of drug-likeness (QED) is 0.820. The van der Waals surface area contributed by atoms with Gasteiger partial charge >= 0.3 is 0 Å². The van der Waals surface area contributed by atoms with E-state index in [1.54, 1.807) is 24.3 Å². The Morgan fingerprint density at radius 2 is 2.05 bits per heavy atom. The van der Waals surface area contributed by atoms with Gasteiger partial charge in [-0.05, 0) is 46.8 Å². The lowest BCUT2D eigenvalue weighted by Crippen LogP contribution is -2.58. The number of nitrogens with one attached hydrogen (secondary N) is 1. The molecule has 1 aromatic rings. The van der Waals surface area contributed by atoms with Crippen LogP contribution in [0.4, 0.5) is 0 Å². The molecule has 0 spiro atoms. The molecule has 1 aliphatic carbocycles. The molecule has 1 saturated carbocycles. The average molecular weight is 398 g/mol. The van der Waals surface area contributed by atoms with Crippen LogP contribution in [-0.4, -0.2) is 20.5 Å². The summed E-state index contributed by atoms with van der Waals surface area (Å²) in [7, 11) is -3.57. The van der Waals surface area contributed by atoms with Gasteiger partial charge in [0.05, 0.1) is 4.90 Å². The molecule has 0 saturated heterocycles. The van der Waals surface area contributed by atoms with Crippen LogP contribution < -0.4 is 10.5 Å². The van der Waals surface area contributed by atoms with E-state index in [0.29, 0.717) is 11.0 Å². The van der Waals surface area contributed by atoms with Crippen molar-refractivity contribution in [3.05, 3.63) is 28.7 Å². The molecule has 1 aromatic carbocycles. The number of nitrogens with two attached hydrogens (primary N) is 1. The molecule has 7 heteroatoms. The molecular formula is C14H22BrClN2O2S. The fourth-order valence-corrected chi connectivity index (χ4v) is 5.43. The first-order valence-electron chi connectivity index (χ1n) is 6.90. The number of hydrogen-bond acceptors (Lipinski definition) is 3. The van der Waals surface area contributed by atoms with Crippen molar-refractivity contribution in [1.29, 1.82) is 0 Å². The van der Waals surface area contributed by atoms with Crippen molar-refractivity contribution in [1.82, 2.24) is 4.72 Å². The van der Waals surface area contributed by atoms with Crippen LogP contribution in [0.2, 0.25) is 0 Å². The molecule has 0 bridgehead atoms. The van der Waals surface area contributed by atoms with Crippen LogP contribution in [0, 0.1) is 5.92 Å². The molecular weight excluding hydrogens is 376 g/mol. The maximum atomic E-state index is 12.6. The van der Waals surface area contributed by atoms with E-state index < -0.39 is 15.6 Å². The molecule has 120 valence electrons. The van der Waals surface area contributed by atoms with Crippen LogP contribution in [0.1, 0.15) is 32.6 Å². The monoisotopic (exact) mass is 396 g/mol. The van der Waals surface area contributed by atoms with E-state index in [0.717, 1.165) is 25.7 Å². The first-order chi connectivity index (χ1) is 9.41. The normalized spacial score (nSPS) is 26.1. The predicted molar refractivity (Wildman–Crippen MR) is 91.1 cm³/mol. The Morgan fingerprint density at radius 1 is 1.38 bits per heavy atom. The predicted octanol–water partition coefficient (Wildman–Crippen LogP) is 3.06. The van der Waals surface area contributed by atoms with E-state index in [9.17, 15) is 8.42 Å². The first-order valence-corrected chi connectivity index (χ1v) is 9.17. The van der Waals surface area contributed by atoms with Crippen molar-refractivity contribution in [2.75, 3.05) is 6.54 Å². The lowest BCUT2D eigenvalue weighted by Gasteiger charge is -2.42. The van der Waals surface area contributed by atoms with E-state index in [4.69, 9.17) is 5.73 Å². The summed E-state index contributed by atoms with van der Waals surface area (Å²) in [6, 6.07) is 6.85. The van der Waals surface area contributed by atoms with E-state index in [-0.39, 0.29) is 23.2 Å². The summed E-state index contributed by atoms with van der Waals surface area (Å²) in [5.41, 5.74) is 5.39. The third kappa shape index (κ3) is 3.99. The van der Waals surface area contributed by atoms with E-state index in [2.05, 4.69) is 27.6 Å². The van der Waals surface area contributed by atoms with Crippen molar-refractivity contribution in [3.8, 4) is 0 Å². The molecule has 0 heterocycles. The minimum Gasteiger partial charge on any atom is -0.329 e. The van der Waals surface area contributed by atoms with E-state index in [1.807, 2.05) is 0 Å². The van der Waals surface area contributed by atoms with Gasteiger partial charge in [0.2, 0.25) is 10.0 Å². The van der Waals surface area contributed by atoms with Gasteiger partial charge < -0.3 is 5.73 Å². The van der Waals surface area contributed by atoms with Crippen molar-refractivity contribution < 1.29 is 8.42 Å². The molecule has 2 unspecified atom stereocenters. The second-order valence-electron chi connectivity index (χ2n) is 5.54. The molecule has 1 aliphatic rings. The third-order valence-electron chi connectivity index (χ3n) is 4.28. The smallest absolute Gasteiger partial charge is 0.242 e. The van der Waals surface area contributed by atoms with Crippen LogP contribution in [0.3, 0.4) is 0 Å². The molecule has 0 amide bonds. The molecule has 2 rings (SSSR count). The van der Waals surface area contributed by atoms with Gasteiger partial charge in [-0.15, -0.1) is 12.4 Å². The zero-order valence-corrected chi connectivity index (χ0v) is 15.2. The van der Waals surface area contributed by atoms with Gasteiger partial charge in [-0.1, -0.05) is 31.9 Å². The van der Waals surface area contributed by atoms with Crippen molar-refractivity contribution >= 4 is 38.4 Å². The number of sulfonamides is 1. The Morgan fingerprint density at radius 3 is 2.62 bits per heavy atom. The standard InChI is InChI=1S/C14H21BrN2O2S.ClH/c1-11-6-4-5-9-14(11,10-16)17-20(18,19)13-8-3-2-7-12(13)15;/h2-3,7-8,11,17H,4-6,9-10,16H2,1H3;1H. The lowest BCUT2D eigenvalue weighted by atomic mass is 9.74. The zero-order valence-electron chi connectivity index (χ0n) is 12.0. The molecule has 2 atom stereocenters. The highest BCUT2D eigenvalue weighted by atomic mass is 79.9. The minimum absolute atomic E-state index is 0. The van der Waals surface area contributed by atoms with Gasteiger partial charge in [0.25, 0.3) is 0 Å². The largest absolute Gasteiger partial charge is 0.329 e. The molecule has 0 radical (unpaired) electrons. The van der Waals surface area contributed by atoms with Gasteiger partial charge in [0, 0.05) is 16.6 Å². The van der Waals surface area contributed by atoms with Crippen molar-refractivity contribution in [2.45, 2.75) is 43.0 Å². The highest BCUT2D eigenvalue weighted by molar-refractivity contribution is 9.10. The Hall–Kier alpha value is -0.140. The molecule has 0 aliphatic heterocycles. The Bertz CT molecular complexity index is 582. The van der Waals surface area contributed by atoms with Crippen LogP contribution in [0.25, 0.3) is 0 Å². The van der Waals surface area contributed by atoms with E-state index in [1.165, 1.54) is 0 Å². The Labute approximate surface area is 141 Å². The number of halogens is 2. The second kappa shape index (κ2) is 7.42. The van der Waals surface area contributed by atoms with Crippen LogP contribution in [-0.2, 0) is 10.0 Å². The van der Waals surface area contributed by atoms with Gasteiger partial charge in [0.1, 0.15) is 0 Å². The lowest BCUT2D eigenvalue weighted by molar-refractivity contribution is 0.191. The third-order valence-corrected chi connectivity index (χ3v) is 6.85. The summed E-state index contributed by atoms with van der Waals surface area (Å²) in [6.45, 7) is 2.41. The highest BCUT2D eigenvalue weighted by Gasteiger charge is 2.40. The maximum absolute atomic E-state index is 12.6. The summed E-state index contributed by atoms with van der Waals surface area (Å²) < 4.78 is 28.7. The Kier molecular flexibility index (Phi) is 6.68. The van der Waals surface area contributed by atoms with Crippen LogP contribution >= 0.6 is 28.3 Å². The van der Waals surface area contributed by atoms with Crippen molar-refractivity contribution in [3.63, 3.8) is 0 Å².